The number of fused-ring (bicyclic) bond motifs is 3. The number of carbonyl (C=O) groups excluding carboxylic acids is 2. The van der Waals surface area contributed by atoms with Crippen LogP contribution in [0.1, 0.15) is 54.5 Å². The highest BCUT2D eigenvalue weighted by Gasteiger charge is 2.26. The van der Waals surface area contributed by atoms with Gasteiger partial charge in [-0.15, -0.1) is 0 Å². The number of hydrogen-bond acceptors (Lipinski definition) is 4. The summed E-state index contributed by atoms with van der Waals surface area (Å²) in [5, 5.41) is 0.857. The topological polar surface area (TPSA) is 63.9 Å². The van der Waals surface area contributed by atoms with Gasteiger partial charge in [0.2, 0.25) is 0 Å². The van der Waals surface area contributed by atoms with Crippen molar-refractivity contribution in [2.75, 3.05) is 13.1 Å². The van der Waals surface area contributed by atoms with Crippen molar-refractivity contribution in [1.29, 1.82) is 0 Å². The first-order valence-electron chi connectivity index (χ1n) is 9.26. The first kappa shape index (κ1) is 17.5. The van der Waals surface area contributed by atoms with Crippen LogP contribution in [-0.4, -0.2) is 44.9 Å². The molecule has 0 bridgehead atoms. The first-order chi connectivity index (χ1) is 12.8. The molecule has 3 heterocycles. The number of esters is 1. The number of imidazole rings is 1. The maximum atomic E-state index is 13.1. The van der Waals surface area contributed by atoms with Gasteiger partial charge < -0.3 is 9.64 Å². The van der Waals surface area contributed by atoms with Gasteiger partial charge in [-0.3, -0.25) is 9.20 Å². The zero-order valence-corrected chi connectivity index (χ0v) is 15.9. The number of ether oxygens (including phenoxy) is 1. The smallest absolute Gasteiger partial charge is 0.359 e. The molecule has 1 aromatic carbocycles. The van der Waals surface area contributed by atoms with Crippen molar-refractivity contribution in [3.8, 4) is 0 Å². The zero-order chi connectivity index (χ0) is 19.2. The van der Waals surface area contributed by atoms with Crippen LogP contribution in [0.4, 0.5) is 0 Å². The van der Waals surface area contributed by atoms with E-state index in [1.54, 1.807) is 12.4 Å². The van der Waals surface area contributed by atoms with Crippen molar-refractivity contribution in [3.05, 3.63) is 47.9 Å². The predicted octanol–water partition coefficient (Wildman–Crippen LogP) is 3.68. The Hall–Kier alpha value is -2.89. The van der Waals surface area contributed by atoms with Crippen LogP contribution in [0.5, 0.6) is 0 Å². The summed E-state index contributed by atoms with van der Waals surface area (Å²) in [4.78, 5) is 31.9. The van der Waals surface area contributed by atoms with E-state index in [9.17, 15) is 9.59 Å². The standard InChI is InChI=1S/C21H23N3O3/c1-21(2,3)27-20(26)18-17-12-15(19(25)23-10-6-7-11-23)14-8-4-5-9-16(14)24(17)13-22-18/h4-5,8-9,12-13H,6-7,10-11H2,1-3H3. The SMILES string of the molecule is CC(C)(C)OC(=O)c1ncn2c1cc(C(=O)N1CCCC1)c1ccccc12. The summed E-state index contributed by atoms with van der Waals surface area (Å²) in [6, 6.07) is 9.48. The largest absolute Gasteiger partial charge is 0.455 e. The van der Waals surface area contributed by atoms with Gasteiger partial charge in [0.15, 0.2) is 5.69 Å². The number of likely N-dealkylation sites (tertiary alicyclic amines) is 1. The molecule has 1 fully saturated rings. The van der Waals surface area contributed by atoms with Crippen molar-refractivity contribution in [2.24, 2.45) is 0 Å². The molecular weight excluding hydrogens is 342 g/mol. The highest BCUT2D eigenvalue weighted by atomic mass is 16.6. The molecule has 27 heavy (non-hydrogen) atoms. The van der Waals surface area contributed by atoms with E-state index in [0.717, 1.165) is 36.8 Å². The van der Waals surface area contributed by atoms with Gasteiger partial charge in [0.05, 0.1) is 16.6 Å². The molecule has 140 valence electrons. The molecular formula is C21H23N3O3. The molecule has 0 spiro atoms. The van der Waals surface area contributed by atoms with E-state index in [0.29, 0.717) is 11.1 Å². The average Bonchev–Trinajstić information content (AvgIpc) is 3.28. The molecule has 0 unspecified atom stereocenters. The Morgan fingerprint density at radius 1 is 1.07 bits per heavy atom. The number of amides is 1. The molecule has 0 radical (unpaired) electrons. The van der Waals surface area contributed by atoms with Gasteiger partial charge in [0.1, 0.15) is 11.9 Å². The fourth-order valence-corrected chi connectivity index (χ4v) is 3.56. The number of benzene rings is 1. The molecule has 2 aromatic heterocycles. The zero-order valence-electron chi connectivity index (χ0n) is 15.9. The molecule has 3 aromatic rings. The van der Waals surface area contributed by atoms with E-state index < -0.39 is 11.6 Å². The van der Waals surface area contributed by atoms with E-state index >= 15 is 0 Å². The van der Waals surface area contributed by atoms with Gasteiger partial charge in [-0.25, -0.2) is 9.78 Å². The number of hydrogen-bond donors (Lipinski definition) is 0. The van der Waals surface area contributed by atoms with Crippen LogP contribution in [0.15, 0.2) is 36.7 Å². The van der Waals surface area contributed by atoms with Crippen LogP contribution in [-0.2, 0) is 4.74 Å². The van der Waals surface area contributed by atoms with Crippen molar-refractivity contribution in [3.63, 3.8) is 0 Å². The van der Waals surface area contributed by atoms with Gasteiger partial charge in [-0.1, -0.05) is 18.2 Å². The minimum atomic E-state index is -0.613. The molecule has 0 N–H and O–H groups in total. The van der Waals surface area contributed by atoms with Crippen molar-refractivity contribution >= 4 is 28.3 Å². The molecule has 1 saturated heterocycles. The van der Waals surface area contributed by atoms with E-state index in [1.807, 2.05) is 54.3 Å². The van der Waals surface area contributed by atoms with Crippen LogP contribution in [0.3, 0.4) is 0 Å². The first-order valence-corrected chi connectivity index (χ1v) is 9.26. The lowest BCUT2D eigenvalue weighted by Crippen LogP contribution is -2.28. The number of carbonyl (C=O) groups is 2. The van der Waals surface area contributed by atoms with E-state index in [-0.39, 0.29) is 11.6 Å². The Morgan fingerprint density at radius 2 is 1.78 bits per heavy atom. The van der Waals surface area contributed by atoms with E-state index in [2.05, 4.69) is 4.98 Å². The van der Waals surface area contributed by atoms with Crippen LogP contribution >= 0.6 is 0 Å². The maximum absolute atomic E-state index is 13.1. The number of para-hydroxylation sites is 1. The maximum Gasteiger partial charge on any atom is 0.359 e. The number of nitrogens with zero attached hydrogens (tertiary/aromatic N) is 3. The van der Waals surface area contributed by atoms with E-state index in [1.165, 1.54) is 0 Å². The normalized spacial score (nSPS) is 14.9. The fourth-order valence-electron chi connectivity index (χ4n) is 3.56. The summed E-state index contributed by atoms with van der Waals surface area (Å²) in [7, 11) is 0. The van der Waals surface area contributed by atoms with Gasteiger partial charge in [0, 0.05) is 18.5 Å². The Labute approximate surface area is 157 Å². The molecule has 4 rings (SSSR count). The highest BCUT2D eigenvalue weighted by molar-refractivity contribution is 6.09. The molecule has 0 saturated carbocycles. The Balaban J connectivity index is 1.90. The monoisotopic (exact) mass is 365 g/mol. The third-order valence-corrected chi connectivity index (χ3v) is 4.76. The van der Waals surface area contributed by atoms with Gasteiger partial charge >= 0.3 is 5.97 Å². The number of rotatable bonds is 2. The molecule has 1 amide bonds. The second-order valence-corrected chi connectivity index (χ2v) is 7.92. The van der Waals surface area contributed by atoms with E-state index in [4.69, 9.17) is 4.74 Å². The highest BCUT2D eigenvalue weighted by Crippen LogP contribution is 2.27. The summed E-state index contributed by atoms with van der Waals surface area (Å²) in [6.07, 6.45) is 3.67. The van der Waals surface area contributed by atoms with Crippen LogP contribution in [0.25, 0.3) is 16.4 Å². The lowest BCUT2D eigenvalue weighted by atomic mass is 10.1. The lowest BCUT2D eigenvalue weighted by Gasteiger charge is -2.19. The van der Waals surface area contributed by atoms with Gasteiger partial charge in [-0.2, -0.15) is 0 Å². The molecule has 1 aliphatic rings. The minimum absolute atomic E-state index is 0.00235. The van der Waals surface area contributed by atoms with Gasteiger partial charge in [0.25, 0.3) is 5.91 Å². The fraction of sp³-hybridized carbons (Fsp3) is 0.381. The molecule has 1 aliphatic heterocycles. The van der Waals surface area contributed by atoms with Crippen molar-refractivity contribution < 1.29 is 14.3 Å². The summed E-state index contributed by atoms with van der Waals surface area (Å²) in [6.45, 7) is 7.01. The summed E-state index contributed by atoms with van der Waals surface area (Å²) in [5.74, 6) is -0.484. The number of aromatic nitrogens is 2. The quantitative estimate of drug-likeness (QED) is 0.650. The van der Waals surface area contributed by atoms with Crippen molar-refractivity contribution in [2.45, 2.75) is 39.2 Å². The predicted molar refractivity (Wildman–Crippen MR) is 103 cm³/mol. The Morgan fingerprint density at radius 3 is 2.48 bits per heavy atom. The second-order valence-electron chi connectivity index (χ2n) is 7.92. The summed E-state index contributed by atoms with van der Waals surface area (Å²) < 4.78 is 7.33. The second kappa shape index (κ2) is 6.37. The lowest BCUT2D eigenvalue weighted by molar-refractivity contribution is 0.00656. The third kappa shape index (κ3) is 3.16. The summed E-state index contributed by atoms with van der Waals surface area (Å²) >= 11 is 0. The summed E-state index contributed by atoms with van der Waals surface area (Å²) in [5.41, 5.74) is 1.65. The van der Waals surface area contributed by atoms with Gasteiger partial charge in [-0.05, 0) is 45.7 Å². The Bertz CT molecular complexity index is 1040. The minimum Gasteiger partial charge on any atom is -0.455 e. The van der Waals surface area contributed by atoms with Crippen LogP contribution < -0.4 is 0 Å². The number of pyridine rings is 1. The molecule has 0 aliphatic carbocycles. The van der Waals surface area contributed by atoms with Crippen LogP contribution in [0, 0.1) is 0 Å². The molecule has 0 atom stereocenters. The molecule has 6 heteroatoms. The van der Waals surface area contributed by atoms with Crippen LogP contribution in [0.2, 0.25) is 0 Å². The third-order valence-electron chi connectivity index (χ3n) is 4.76. The van der Waals surface area contributed by atoms with Crippen molar-refractivity contribution in [1.82, 2.24) is 14.3 Å². The Kier molecular flexibility index (Phi) is 4.13. The molecule has 6 nitrogen and oxygen atoms in total. The average molecular weight is 365 g/mol.